The summed E-state index contributed by atoms with van der Waals surface area (Å²) in [4.78, 5) is 16.7. The highest BCUT2D eigenvalue weighted by atomic mass is 16.5. The predicted molar refractivity (Wildman–Crippen MR) is 79.4 cm³/mol. The molecule has 2 saturated heterocycles. The fourth-order valence-corrected chi connectivity index (χ4v) is 3.46. The van der Waals surface area contributed by atoms with Crippen molar-refractivity contribution in [1.29, 1.82) is 0 Å². The lowest BCUT2D eigenvalue weighted by atomic mass is 9.96. The number of rotatable bonds is 6. The van der Waals surface area contributed by atoms with Crippen LogP contribution >= 0.6 is 0 Å². The fourth-order valence-electron chi connectivity index (χ4n) is 3.46. The lowest BCUT2D eigenvalue weighted by molar-refractivity contribution is -0.131. The highest BCUT2D eigenvalue weighted by Crippen LogP contribution is 2.20. The number of amides is 1. The Morgan fingerprint density at radius 3 is 2.70 bits per heavy atom. The number of piperidine rings is 1. The molecule has 116 valence electrons. The second-order valence-electron chi connectivity index (χ2n) is 6.14. The first-order valence-electron chi connectivity index (χ1n) is 7.95. The van der Waals surface area contributed by atoms with Crippen LogP contribution in [-0.2, 0) is 9.53 Å². The number of carbonyl (C=O) groups is 1. The molecule has 2 aliphatic heterocycles. The molecule has 2 aliphatic rings. The molecule has 2 unspecified atom stereocenters. The first-order valence-corrected chi connectivity index (χ1v) is 7.95. The largest absolute Gasteiger partial charge is 0.384 e. The molecule has 0 radical (unpaired) electrons. The number of nitrogens with two attached hydrogens (primary N) is 1. The van der Waals surface area contributed by atoms with E-state index in [9.17, 15) is 4.79 Å². The van der Waals surface area contributed by atoms with E-state index in [1.54, 1.807) is 7.11 Å². The van der Waals surface area contributed by atoms with Crippen molar-refractivity contribution >= 4 is 5.91 Å². The molecule has 2 fully saturated rings. The number of nitrogens with zero attached hydrogens (tertiary/aromatic N) is 2. The van der Waals surface area contributed by atoms with E-state index in [1.807, 2.05) is 4.90 Å². The molecule has 1 amide bonds. The Hall–Kier alpha value is -0.650. The third kappa shape index (κ3) is 4.17. The maximum Gasteiger partial charge on any atom is 0.224 e. The monoisotopic (exact) mass is 283 g/mol. The molecule has 2 atom stereocenters. The van der Waals surface area contributed by atoms with Gasteiger partial charge in [-0.2, -0.15) is 0 Å². The zero-order valence-electron chi connectivity index (χ0n) is 12.7. The fraction of sp³-hybridized carbons (Fsp3) is 0.933. The van der Waals surface area contributed by atoms with Gasteiger partial charge in [-0.05, 0) is 38.1 Å². The number of likely N-dealkylation sites (tertiary alicyclic amines) is 2. The van der Waals surface area contributed by atoms with Crippen LogP contribution in [-0.4, -0.2) is 68.2 Å². The number of hydrogen-bond acceptors (Lipinski definition) is 4. The molecular formula is C15H29N3O2. The van der Waals surface area contributed by atoms with Gasteiger partial charge in [-0.15, -0.1) is 0 Å². The highest BCUT2D eigenvalue weighted by molar-refractivity contribution is 5.77. The van der Waals surface area contributed by atoms with Gasteiger partial charge in [-0.1, -0.05) is 0 Å². The quantitative estimate of drug-likeness (QED) is 0.779. The molecule has 0 aromatic heterocycles. The standard InChI is InChI=1S/C15H29N3O2/c1-20-12-13-5-4-8-18(11-13)14(10-16)9-15(19)17-6-2-3-7-17/h13-14H,2-12,16H2,1H3. The normalized spacial score (nSPS) is 25.9. The molecule has 5 heteroatoms. The van der Waals surface area contributed by atoms with Crippen LogP contribution in [0.1, 0.15) is 32.1 Å². The molecular weight excluding hydrogens is 254 g/mol. The van der Waals surface area contributed by atoms with Gasteiger partial charge in [0.05, 0.1) is 6.61 Å². The first-order chi connectivity index (χ1) is 9.74. The van der Waals surface area contributed by atoms with Gasteiger partial charge in [-0.3, -0.25) is 9.69 Å². The van der Waals surface area contributed by atoms with Crippen LogP contribution in [0.4, 0.5) is 0 Å². The summed E-state index contributed by atoms with van der Waals surface area (Å²) in [6.07, 6.45) is 5.29. The second-order valence-corrected chi connectivity index (χ2v) is 6.14. The van der Waals surface area contributed by atoms with E-state index in [1.165, 1.54) is 12.8 Å². The molecule has 0 saturated carbocycles. The van der Waals surface area contributed by atoms with Gasteiger partial charge in [0.25, 0.3) is 0 Å². The second kappa shape index (κ2) is 7.96. The summed E-state index contributed by atoms with van der Waals surface area (Å²) in [5.41, 5.74) is 5.93. The number of hydrogen-bond donors (Lipinski definition) is 1. The molecule has 2 heterocycles. The minimum absolute atomic E-state index is 0.197. The van der Waals surface area contributed by atoms with Crippen molar-refractivity contribution < 1.29 is 9.53 Å². The van der Waals surface area contributed by atoms with Gasteiger partial charge in [-0.25, -0.2) is 0 Å². The summed E-state index contributed by atoms with van der Waals surface area (Å²) in [7, 11) is 1.76. The summed E-state index contributed by atoms with van der Waals surface area (Å²) >= 11 is 0. The van der Waals surface area contributed by atoms with Crippen LogP contribution in [0.2, 0.25) is 0 Å². The van der Waals surface area contributed by atoms with Gasteiger partial charge in [0.1, 0.15) is 0 Å². The predicted octanol–water partition coefficient (Wildman–Crippen LogP) is 0.685. The number of ether oxygens (including phenoxy) is 1. The van der Waals surface area contributed by atoms with Gasteiger partial charge < -0.3 is 15.4 Å². The van der Waals surface area contributed by atoms with E-state index in [0.29, 0.717) is 18.9 Å². The zero-order chi connectivity index (χ0) is 14.4. The van der Waals surface area contributed by atoms with Crippen LogP contribution in [0.15, 0.2) is 0 Å². The van der Waals surface area contributed by atoms with Crippen molar-refractivity contribution in [3.05, 3.63) is 0 Å². The summed E-state index contributed by atoms with van der Waals surface area (Å²) in [6.45, 7) is 5.33. The van der Waals surface area contributed by atoms with Gasteiger partial charge in [0.15, 0.2) is 0 Å². The van der Waals surface area contributed by atoms with Crippen molar-refractivity contribution in [3.8, 4) is 0 Å². The van der Waals surface area contributed by atoms with Crippen LogP contribution < -0.4 is 5.73 Å². The first kappa shape index (κ1) is 15.7. The third-order valence-corrected chi connectivity index (χ3v) is 4.61. The summed E-state index contributed by atoms with van der Waals surface area (Å²) in [6, 6.07) is 0.197. The van der Waals surface area contributed by atoms with Crippen molar-refractivity contribution in [2.24, 2.45) is 11.7 Å². The molecule has 5 nitrogen and oxygen atoms in total. The molecule has 2 N–H and O–H groups in total. The Morgan fingerprint density at radius 2 is 2.05 bits per heavy atom. The summed E-state index contributed by atoms with van der Waals surface area (Å²) < 4.78 is 5.27. The minimum Gasteiger partial charge on any atom is -0.384 e. The Balaban J connectivity index is 1.85. The zero-order valence-corrected chi connectivity index (χ0v) is 12.7. The molecule has 20 heavy (non-hydrogen) atoms. The molecule has 0 spiro atoms. The molecule has 0 bridgehead atoms. The molecule has 2 rings (SSSR count). The van der Waals surface area contributed by atoms with E-state index in [-0.39, 0.29) is 11.9 Å². The van der Waals surface area contributed by atoms with Crippen molar-refractivity contribution in [2.75, 3.05) is 46.4 Å². The SMILES string of the molecule is COCC1CCCN(C(CN)CC(=O)N2CCCC2)C1. The maximum atomic E-state index is 12.3. The van der Waals surface area contributed by atoms with Gasteiger partial charge in [0.2, 0.25) is 5.91 Å². The third-order valence-electron chi connectivity index (χ3n) is 4.61. The van der Waals surface area contributed by atoms with Crippen LogP contribution in [0.3, 0.4) is 0 Å². The lowest BCUT2D eigenvalue weighted by Gasteiger charge is -2.38. The average molecular weight is 283 g/mol. The Bertz CT molecular complexity index is 303. The number of methoxy groups -OCH3 is 1. The minimum atomic E-state index is 0.197. The van der Waals surface area contributed by atoms with E-state index < -0.39 is 0 Å². The molecule has 0 aromatic rings. The van der Waals surface area contributed by atoms with Gasteiger partial charge >= 0.3 is 0 Å². The van der Waals surface area contributed by atoms with Crippen molar-refractivity contribution in [2.45, 2.75) is 38.1 Å². The Kier molecular flexibility index (Phi) is 6.26. The van der Waals surface area contributed by atoms with Crippen molar-refractivity contribution in [1.82, 2.24) is 9.80 Å². The molecule has 0 aromatic carbocycles. The Morgan fingerprint density at radius 1 is 1.30 bits per heavy atom. The van der Waals surface area contributed by atoms with Crippen LogP contribution in [0.5, 0.6) is 0 Å². The highest BCUT2D eigenvalue weighted by Gasteiger charge is 2.28. The molecule has 0 aliphatic carbocycles. The van der Waals surface area contributed by atoms with Crippen molar-refractivity contribution in [3.63, 3.8) is 0 Å². The van der Waals surface area contributed by atoms with Crippen LogP contribution in [0, 0.1) is 5.92 Å². The lowest BCUT2D eigenvalue weighted by Crippen LogP contribution is -2.49. The average Bonchev–Trinajstić information content (AvgIpc) is 2.99. The van der Waals surface area contributed by atoms with E-state index >= 15 is 0 Å². The Labute approximate surface area is 122 Å². The summed E-state index contributed by atoms with van der Waals surface area (Å²) in [5, 5.41) is 0. The smallest absolute Gasteiger partial charge is 0.224 e. The van der Waals surface area contributed by atoms with Crippen LogP contribution in [0.25, 0.3) is 0 Å². The van der Waals surface area contributed by atoms with E-state index in [2.05, 4.69) is 4.90 Å². The number of carbonyl (C=O) groups excluding carboxylic acids is 1. The topological polar surface area (TPSA) is 58.8 Å². The van der Waals surface area contributed by atoms with E-state index in [4.69, 9.17) is 10.5 Å². The summed E-state index contributed by atoms with van der Waals surface area (Å²) in [5.74, 6) is 0.872. The van der Waals surface area contributed by atoms with Gasteiger partial charge in [0, 0.05) is 45.8 Å². The van der Waals surface area contributed by atoms with E-state index in [0.717, 1.165) is 45.6 Å². The maximum absolute atomic E-state index is 12.3.